The topological polar surface area (TPSA) is 76.8 Å². The first-order chi connectivity index (χ1) is 9.15. The van der Waals surface area contributed by atoms with Gasteiger partial charge in [0.05, 0.1) is 25.6 Å². The second-order valence-electron chi connectivity index (χ2n) is 4.35. The molecule has 0 saturated carbocycles. The number of rotatable bonds is 3. The molecule has 0 atom stereocenters. The quantitative estimate of drug-likeness (QED) is 0.783. The van der Waals surface area contributed by atoms with Gasteiger partial charge in [-0.25, -0.2) is 0 Å². The van der Waals surface area contributed by atoms with E-state index in [9.17, 15) is 4.79 Å². The van der Waals surface area contributed by atoms with Crippen LogP contribution in [0.25, 0.3) is 0 Å². The molecule has 1 aromatic carbocycles. The smallest absolute Gasteiger partial charge is 0.221 e. The lowest BCUT2D eigenvalue weighted by atomic mass is 10.2. The number of carbonyl (C=O) groups excluding carboxylic acids is 1. The minimum absolute atomic E-state index is 0.0709. The lowest BCUT2D eigenvalue weighted by Gasteiger charge is -2.24. The van der Waals surface area contributed by atoms with Crippen LogP contribution in [0.4, 0.5) is 11.4 Å². The largest absolute Gasteiger partial charge is 0.493 e. The molecular weight excluding hydrogens is 246 g/mol. The van der Waals surface area contributed by atoms with Crippen LogP contribution in [0.15, 0.2) is 12.1 Å². The highest BCUT2D eigenvalue weighted by molar-refractivity contribution is 5.79. The first kappa shape index (κ1) is 13.3. The molecular formula is C13H19N3O3. The van der Waals surface area contributed by atoms with Crippen molar-refractivity contribution in [3.63, 3.8) is 0 Å². The molecule has 0 radical (unpaired) electrons. The molecule has 19 heavy (non-hydrogen) atoms. The zero-order valence-corrected chi connectivity index (χ0v) is 11.2. The lowest BCUT2D eigenvalue weighted by molar-refractivity contribution is -0.120. The van der Waals surface area contributed by atoms with Gasteiger partial charge < -0.3 is 25.4 Å². The van der Waals surface area contributed by atoms with Crippen LogP contribution in [-0.4, -0.2) is 39.8 Å². The maximum Gasteiger partial charge on any atom is 0.221 e. The molecule has 0 aromatic heterocycles. The fraction of sp³-hybridized carbons (Fsp3) is 0.462. The molecule has 1 saturated heterocycles. The molecule has 1 fully saturated rings. The fourth-order valence-corrected chi connectivity index (χ4v) is 2.17. The predicted molar refractivity (Wildman–Crippen MR) is 73.8 cm³/mol. The molecule has 1 heterocycles. The number of nitrogens with zero attached hydrogens (tertiary/aromatic N) is 1. The molecule has 1 aromatic rings. The number of methoxy groups -OCH3 is 2. The van der Waals surface area contributed by atoms with E-state index in [1.54, 1.807) is 20.3 Å². The lowest BCUT2D eigenvalue weighted by Crippen LogP contribution is -2.29. The Kier molecular flexibility index (Phi) is 3.99. The van der Waals surface area contributed by atoms with Crippen molar-refractivity contribution >= 4 is 17.3 Å². The van der Waals surface area contributed by atoms with Crippen molar-refractivity contribution < 1.29 is 14.3 Å². The molecule has 6 heteroatoms. The van der Waals surface area contributed by atoms with Gasteiger partial charge in [0, 0.05) is 38.2 Å². The summed E-state index contributed by atoms with van der Waals surface area (Å²) in [7, 11) is 3.16. The Hall–Kier alpha value is -2.11. The highest BCUT2D eigenvalue weighted by atomic mass is 16.5. The van der Waals surface area contributed by atoms with Crippen molar-refractivity contribution in [3.05, 3.63) is 12.1 Å². The molecule has 3 N–H and O–H groups in total. The Bertz CT molecular complexity index is 476. The van der Waals surface area contributed by atoms with Gasteiger partial charge in [-0.2, -0.15) is 0 Å². The van der Waals surface area contributed by atoms with Crippen LogP contribution in [0.2, 0.25) is 0 Å². The average Bonchev–Trinajstić information content (AvgIpc) is 2.63. The van der Waals surface area contributed by atoms with Crippen LogP contribution in [0, 0.1) is 0 Å². The summed E-state index contributed by atoms with van der Waals surface area (Å²) in [5, 5.41) is 2.84. The van der Waals surface area contributed by atoms with Crippen LogP contribution in [0.3, 0.4) is 0 Å². The molecule has 1 aliphatic heterocycles. The van der Waals surface area contributed by atoms with Gasteiger partial charge in [-0.05, 0) is 0 Å². The first-order valence-corrected chi connectivity index (χ1v) is 6.19. The molecule has 0 spiro atoms. The number of nitrogens with two attached hydrogens (primary N) is 1. The van der Waals surface area contributed by atoms with Crippen LogP contribution in [-0.2, 0) is 4.79 Å². The summed E-state index contributed by atoms with van der Waals surface area (Å²) >= 11 is 0. The Balaban J connectivity index is 2.30. The van der Waals surface area contributed by atoms with E-state index in [0.717, 1.165) is 12.2 Å². The van der Waals surface area contributed by atoms with Gasteiger partial charge in [0.2, 0.25) is 5.91 Å². The van der Waals surface area contributed by atoms with Crippen molar-refractivity contribution in [2.45, 2.75) is 6.42 Å². The molecule has 1 amide bonds. The van der Waals surface area contributed by atoms with Gasteiger partial charge in [-0.1, -0.05) is 0 Å². The van der Waals surface area contributed by atoms with Crippen LogP contribution >= 0.6 is 0 Å². The Morgan fingerprint density at radius 2 is 1.89 bits per heavy atom. The number of benzene rings is 1. The molecule has 0 bridgehead atoms. The monoisotopic (exact) mass is 265 g/mol. The maximum absolute atomic E-state index is 11.4. The number of nitrogens with one attached hydrogen (secondary N) is 1. The van der Waals surface area contributed by atoms with E-state index in [1.165, 1.54) is 0 Å². The third-order valence-corrected chi connectivity index (χ3v) is 3.19. The number of carbonyl (C=O) groups is 1. The van der Waals surface area contributed by atoms with E-state index in [0.29, 0.717) is 36.7 Å². The fourth-order valence-electron chi connectivity index (χ4n) is 2.17. The van der Waals surface area contributed by atoms with E-state index < -0.39 is 0 Å². The molecule has 1 aliphatic rings. The average molecular weight is 265 g/mol. The van der Waals surface area contributed by atoms with Gasteiger partial charge in [0.1, 0.15) is 0 Å². The van der Waals surface area contributed by atoms with Crippen molar-refractivity contribution in [1.82, 2.24) is 5.32 Å². The van der Waals surface area contributed by atoms with Gasteiger partial charge in [0.15, 0.2) is 11.5 Å². The van der Waals surface area contributed by atoms with Crippen molar-refractivity contribution in [3.8, 4) is 11.5 Å². The number of anilines is 2. The minimum Gasteiger partial charge on any atom is -0.493 e. The van der Waals surface area contributed by atoms with E-state index >= 15 is 0 Å². The normalized spacial score (nSPS) is 15.7. The highest BCUT2D eigenvalue weighted by Crippen LogP contribution is 2.36. The van der Waals surface area contributed by atoms with E-state index in [4.69, 9.17) is 15.2 Å². The summed E-state index contributed by atoms with van der Waals surface area (Å²) in [6.45, 7) is 1.99. The van der Waals surface area contributed by atoms with Crippen molar-refractivity contribution in [2.75, 3.05) is 44.5 Å². The summed E-state index contributed by atoms with van der Waals surface area (Å²) in [6, 6.07) is 3.60. The summed E-state index contributed by atoms with van der Waals surface area (Å²) < 4.78 is 10.5. The zero-order valence-electron chi connectivity index (χ0n) is 11.2. The van der Waals surface area contributed by atoms with Crippen molar-refractivity contribution in [1.29, 1.82) is 0 Å². The van der Waals surface area contributed by atoms with Gasteiger partial charge in [0.25, 0.3) is 0 Å². The molecule has 6 nitrogen and oxygen atoms in total. The highest BCUT2D eigenvalue weighted by Gasteiger charge is 2.18. The summed E-state index contributed by atoms with van der Waals surface area (Å²) in [4.78, 5) is 13.4. The molecule has 0 unspecified atom stereocenters. The number of amides is 1. The standard InChI is InChI=1S/C13H19N3O3/c1-18-11-7-9(14)10(8-12(11)19-2)16-5-3-13(17)15-4-6-16/h7-8H,3-6,14H2,1-2H3,(H,15,17). The zero-order chi connectivity index (χ0) is 13.8. The second-order valence-corrected chi connectivity index (χ2v) is 4.35. The number of nitrogen functional groups attached to an aromatic ring is 1. The maximum atomic E-state index is 11.4. The number of hydrogen-bond donors (Lipinski definition) is 2. The van der Waals surface area contributed by atoms with Crippen LogP contribution < -0.4 is 25.4 Å². The summed E-state index contributed by atoms with van der Waals surface area (Å²) in [5.41, 5.74) is 7.54. The van der Waals surface area contributed by atoms with Crippen LogP contribution in [0.1, 0.15) is 6.42 Å². The second kappa shape index (κ2) is 5.69. The van der Waals surface area contributed by atoms with E-state index in [-0.39, 0.29) is 5.91 Å². The van der Waals surface area contributed by atoms with Gasteiger partial charge in [-0.15, -0.1) is 0 Å². The predicted octanol–water partition coefficient (Wildman–Crippen LogP) is 0.612. The van der Waals surface area contributed by atoms with Gasteiger partial charge in [-0.3, -0.25) is 4.79 Å². The van der Waals surface area contributed by atoms with Gasteiger partial charge >= 0.3 is 0 Å². The molecule has 2 rings (SSSR count). The number of ether oxygens (including phenoxy) is 2. The molecule has 0 aliphatic carbocycles. The Morgan fingerprint density at radius 1 is 1.21 bits per heavy atom. The molecule has 104 valence electrons. The Labute approximate surface area is 112 Å². The van der Waals surface area contributed by atoms with E-state index in [2.05, 4.69) is 10.2 Å². The van der Waals surface area contributed by atoms with Crippen molar-refractivity contribution in [2.24, 2.45) is 0 Å². The Morgan fingerprint density at radius 3 is 2.58 bits per heavy atom. The summed E-state index contributed by atoms with van der Waals surface area (Å²) in [6.07, 6.45) is 0.466. The SMILES string of the molecule is COc1cc(N)c(N2CCNC(=O)CC2)cc1OC. The number of hydrogen-bond acceptors (Lipinski definition) is 5. The third-order valence-electron chi connectivity index (χ3n) is 3.19. The third kappa shape index (κ3) is 2.83. The van der Waals surface area contributed by atoms with E-state index in [1.807, 2.05) is 6.07 Å². The minimum atomic E-state index is 0.0709. The first-order valence-electron chi connectivity index (χ1n) is 6.19. The summed E-state index contributed by atoms with van der Waals surface area (Å²) in [5.74, 6) is 1.31. The van der Waals surface area contributed by atoms with Crippen LogP contribution in [0.5, 0.6) is 11.5 Å².